The zero-order valence-corrected chi connectivity index (χ0v) is 11.6. The summed E-state index contributed by atoms with van der Waals surface area (Å²) in [7, 11) is 0. The van der Waals surface area contributed by atoms with Gasteiger partial charge < -0.3 is 10.1 Å². The Morgan fingerprint density at radius 2 is 1.84 bits per heavy atom. The summed E-state index contributed by atoms with van der Waals surface area (Å²) in [5.41, 5.74) is 3.35. The zero-order valence-electron chi connectivity index (χ0n) is 11.6. The summed E-state index contributed by atoms with van der Waals surface area (Å²) in [4.78, 5) is 8.45. The van der Waals surface area contributed by atoms with E-state index < -0.39 is 0 Å². The molecule has 0 saturated heterocycles. The van der Waals surface area contributed by atoms with Crippen LogP contribution in [0.15, 0.2) is 30.6 Å². The van der Waals surface area contributed by atoms with Gasteiger partial charge in [0.25, 0.3) is 0 Å². The minimum Gasteiger partial charge on any atom is -0.494 e. The third-order valence-electron chi connectivity index (χ3n) is 2.74. The summed E-state index contributed by atoms with van der Waals surface area (Å²) in [5, 5.41) is 3.20. The molecule has 0 radical (unpaired) electrons. The van der Waals surface area contributed by atoms with E-state index in [0.717, 1.165) is 16.9 Å². The second-order valence-corrected chi connectivity index (χ2v) is 4.48. The lowest BCUT2D eigenvalue weighted by Crippen LogP contribution is -2.06. The Hall–Kier alpha value is -2.10. The second-order valence-electron chi connectivity index (χ2n) is 4.48. The quantitative estimate of drug-likeness (QED) is 0.894. The van der Waals surface area contributed by atoms with Gasteiger partial charge >= 0.3 is 0 Å². The van der Waals surface area contributed by atoms with Crippen LogP contribution >= 0.6 is 0 Å². The van der Waals surface area contributed by atoms with Crippen LogP contribution in [0.2, 0.25) is 0 Å². The molecule has 4 heteroatoms. The normalized spacial score (nSPS) is 10.3. The fourth-order valence-corrected chi connectivity index (χ4v) is 1.76. The second kappa shape index (κ2) is 6.18. The van der Waals surface area contributed by atoms with E-state index >= 15 is 0 Å². The molecule has 0 amide bonds. The molecule has 0 aliphatic heterocycles. The summed E-state index contributed by atoms with van der Waals surface area (Å²) in [6.45, 7) is 7.33. The highest BCUT2D eigenvalue weighted by molar-refractivity contribution is 5.39. The molecule has 1 N–H and O–H groups in total. The van der Waals surface area contributed by atoms with Crippen LogP contribution in [-0.4, -0.2) is 16.6 Å². The maximum absolute atomic E-state index is 5.64. The molecule has 100 valence electrons. The Bertz CT molecular complexity index is 538. The van der Waals surface area contributed by atoms with Gasteiger partial charge in [-0.15, -0.1) is 0 Å². The van der Waals surface area contributed by atoms with E-state index in [0.29, 0.717) is 19.1 Å². The molecule has 0 unspecified atom stereocenters. The average Bonchev–Trinajstić information content (AvgIpc) is 2.40. The van der Waals surface area contributed by atoms with Crippen LogP contribution in [0.3, 0.4) is 0 Å². The van der Waals surface area contributed by atoms with Gasteiger partial charge in [-0.1, -0.05) is 12.1 Å². The third-order valence-corrected chi connectivity index (χ3v) is 2.74. The van der Waals surface area contributed by atoms with Gasteiger partial charge in [-0.25, -0.2) is 9.97 Å². The maximum Gasteiger partial charge on any atom is 0.222 e. The van der Waals surface area contributed by atoms with Gasteiger partial charge in [0.05, 0.1) is 6.61 Å². The van der Waals surface area contributed by atoms with Crippen LogP contribution in [0, 0.1) is 13.8 Å². The van der Waals surface area contributed by atoms with E-state index in [4.69, 9.17) is 4.74 Å². The van der Waals surface area contributed by atoms with Crippen molar-refractivity contribution in [2.24, 2.45) is 0 Å². The number of rotatable bonds is 5. The lowest BCUT2D eigenvalue weighted by molar-refractivity contribution is 0.336. The molecule has 0 atom stereocenters. The van der Waals surface area contributed by atoms with Gasteiger partial charge in [0.2, 0.25) is 5.95 Å². The van der Waals surface area contributed by atoms with E-state index in [1.54, 1.807) is 12.4 Å². The van der Waals surface area contributed by atoms with Crippen molar-refractivity contribution < 1.29 is 4.74 Å². The summed E-state index contributed by atoms with van der Waals surface area (Å²) < 4.78 is 5.64. The molecule has 19 heavy (non-hydrogen) atoms. The first-order valence-electron chi connectivity index (χ1n) is 6.44. The summed E-state index contributed by atoms with van der Waals surface area (Å²) >= 11 is 0. The predicted octanol–water partition coefficient (Wildman–Crippen LogP) is 3.10. The van der Waals surface area contributed by atoms with Gasteiger partial charge in [0.1, 0.15) is 5.75 Å². The van der Waals surface area contributed by atoms with Crippen LogP contribution in [0.4, 0.5) is 5.95 Å². The van der Waals surface area contributed by atoms with E-state index in [1.165, 1.54) is 5.56 Å². The molecule has 1 aromatic carbocycles. The molecular formula is C15H19N3O. The number of ether oxygens (including phenoxy) is 1. The Balaban J connectivity index is 2.08. The summed E-state index contributed by atoms with van der Waals surface area (Å²) in [6, 6.07) is 6.20. The predicted molar refractivity (Wildman–Crippen MR) is 76.4 cm³/mol. The number of anilines is 1. The fraction of sp³-hybridized carbons (Fsp3) is 0.333. The van der Waals surface area contributed by atoms with Crippen LogP contribution in [0.1, 0.15) is 23.6 Å². The number of aryl methyl sites for hydroxylation is 2. The smallest absolute Gasteiger partial charge is 0.222 e. The largest absolute Gasteiger partial charge is 0.494 e. The lowest BCUT2D eigenvalue weighted by Gasteiger charge is -2.12. The average molecular weight is 257 g/mol. The maximum atomic E-state index is 5.64. The van der Waals surface area contributed by atoms with Gasteiger partial charge in [-0.3, -0.25) is 0 Å². The number of nitrogens with one attached hydrogen (secondary N) is 1. The third kappa shape index (κ3) is 3.68. The number of hydrogen-bond acceptors (Lipinski definition) is 4. The molecule has 2 aromatic rings. The molecule has 0 aliphatic rings. The van der Waals surface area contributed by atoms with Gasteiger partial charge in [0, 0.05) is 24.5 Å². The van der Waals surface area contributed by atoms with Gasteiger partial charge in [0.15, 0.2) is 0 Å². The Morgan fingerprint density at radius 1 is 1.11 bits per heavy atom. The Morgan fingerprint density at radius 3 is 2.53 bits per heavy atom. The molecule has 0 saturated carbocycles. The van der Waals surface area contributed by atoms with Crippen molar-refractivity contribution in [3.8, 4) is 5.75 Å². The highest BCUT2D eigenvalue weighted by Gasteiger charge is 2.04. The lowest BCUT2D eigenvalue weighted by atomic mass is 10.1. The van der Waals surface area contributed by atoms with Crippen molar-refractivity contribution in [2.75, 3.05) is 11.9 Å². The summed E-state index contributed by atoms with van der Waals surface area (Å²) in [5.74, 6) is 1.55. The molecule has 1 heterocycles. The van der Waals surface area contributed by atoms with Crippen molar-refractivity contribution in [1.29, 1.82) is 0 Å². The van der Waals surface area contributed by atoms with E-state index in [2.05, 4.69) is 40.4 Å². The minimum atomic E-state index is 0.633. The van der Waals surface area contributed by atoms with Crippen LogP contribution in [0.25, 0.3) is 0 Å². The van der Waals surface area contributed by atoms with Crippen molar-refractivity contribution in [3.63, 3.8) is 0 Å². The zero-order chi connectivity index (χ0) is 13.7. The highest BCUT2D eigenvalue weighted by atomic mass is 16.5. The number of hydrogen-bond donors (Lipinski definition) is 1. The molecule has 0 fully saturated rings. The minimum absolute atomic E-state index is 0.633. The SMILES string of the molecule is CCOc1cc(C)ccc1CNc1ncc(C)cn1. The van der Waals surface area contributed by atoms with Gasteiger partial charge in [-0.05, 0) is 38.0 Å². The van der Waals surface area contributed by atoms with E-state index in [1.807, 2.05) is 13.8 Å². The van der Waals surface area contributed by atoms with Crippen molar-refractivity contribution >= 4 is 5.95 Å². The van der Waals surface area contributed by atoms with Crippen LogP contribution in [-0.2, 0) is 6.54 Å². The van der Waals surface area contributed by atoms with Crippen molar-refractivity contribution in [1.82, 2.24) is 9.97 Å². The van der Waals surface area contributed by atoms with Crippen LogP contribution < -0.4 is 10.1 Å². The molecule has 1 aromatic heterocycles. The van der Waals surface area contributed by atoms with Gasteiger partial charge in [-0.2, -0.15) is 0 Å². The van der Waals surface area contributed by atoms with E-state index in [-0.39, 0.29) is 0 Å². The molecule has 0 bridgehead atoms. The van der Waals surface area contributed by atoms with Crippen molar-refractivity contribution in [3.05, 3.63) is 47.3 Å². The van der Waals surface area contributed by atoms with E-state index in [9.17, 15) is 0 Å². The molecular weight excluding hydrogens is 238 g/mol. The number of nitrogens with zero attached hydrogens (tertiary/aromatic N) is 2. The molecule has 4 nitrogen and oxygen atoms in total. The first-order valence-corrected chi connectivity index (χ1v) is 6.44. The Labute approximate surface area is 113 Å². The fourth-order valence-electron chi connectivity index (χ4n) is 1.76. The van der Waals surface area contributed by atoms with Crippen LogP contribution in [0.5, 0.6) is 5.75 Å². The summed E-state index contributed by atoms with van der Waals surface area (Å²) in [6.07, 6.45) is 3.60. The highest BCUT2D eigenvalue weighted by Crippen LogP contribution is 2.21. The topological polar surface area (TPSA) is 47.0 Å². The monoisotopic (exact) mass is 257 g/mol. The standard InChI is InChI=1S/C15H19N3O/c1-4-19-14-7-11(2)5-6-13(14)10-18-15-16-8-12(3)9-17-15/h5-9H,4,10H2,1-3H3,(H,16,17,18). The number of benzene rings is 1. The first-order chi connectivity index (χ1) is 9.19. The van der Waals surface area contributed by atoms with Crippen molar-refractivity contribution in [2.45, 2.75) is 27.3 Å². The number of aromatic nitrogens is 2. The first kappa shape index (κ1) is 13.3. The Kier molecular flexibility index (Phi) is 4.34. The molecule has 2 rings (SSSR count). The molecule has 0 spiro atoms. The molecule has 0 aliphatic carbocycles.